The molecule has 5 rings (SSSR count). The average Bonchev–Trinajstić information content (AvgIpc) is 3.23. The molecular weight excluding hydrogens is 378 g/mol. The second kappa shape index (κ2) is 5.35. The summed E-state index contributed by atoms with van der Waals surface area (Å²) in [6.07, 6.45) is -3.09. The Morgan fingerprint density at radius 1 is 1.15 bits per heavy atom. The molecule has 1 fully saturated rings. The molecule has 2 aromatic carbocycles. The van der Waals surface area contributed by atoms with Crippen molar-refractivity contribution in [2.24, 2.45) is 0 Å². The third-order valence-corrected chi connectivity index (χ3v) is 6.16. The quantitative estimate of drug-likeness (QED) is 0.849. The first-order valence-corrected chi connectivity index (χ1v) is 9.02. The Hall–Kier alpha value is -2.81. The third kappa shape index (κ3) is 2.38. The van der Waals surface area contributed by atoms with E-state index < -0.39 is 11.2 Å². The number of fused-ring (bicyclic) bond motifs is 4. The first-order valence-electron chi connectivity index (χ1n) is 8.20. The second-order valence-corrected chi connectivity index (χ2v) is 7.69. The van der Waals surface area contributed by atoms with Crippen molar-refractivity contribution in [3.8, 4) is 11.5 Å². The zero-order chi connectivity index (χ0) is 18.8. The summed E-state index contributed by atoms with van der Waals surface area (Å²) in [5.74, 6) is -0.762. The van der Waals surface area contributed by atoms with Crippen LogP contribution in [0.5, 0.6) is 11.5 Å². The minimum atomic E-state index is -3.72. The number of carbonyl (C=O) groups is 2. The van der Waals surface area contributed by atoms with Crippen LogP contribution in [0, 0.1) is 0 Å². The van der Waals surface area contributed by atoms with Crippen LogP contribution < -0.4 is 19.7 Å². The van der Waals surface area contributed by atoms with Gasteiger partial charge in [0.05, 0.1) is 5.69 Å². The Kier molecular flexibility index (Phi) is 3.24. The number of thioether (sulfide) groups is 1. The van der Waals surface area contributed by atoms with Crippen LogP contribution in [0.4, 0.5) is 20.2 Å². The minimum Gasteiger partial charge on any atom is -0.395 e. The number of hydrogen-bond acceptors (Lipinski definition) is 5. The largest absolute Gasteiger partial charge is 0.586 e. The highest BCUT2D eigenvalue weighted by atomic mass is 32.2. The zero-order valence-electron chi connectivity index (χ0n) is 13.7. The SMILES string of the molecule is O=C1CC[C@@]2(C(=O)Nc3ccc4c(c3)OC(F)(F)O4)Sc3ccccc3N12. The number of benzene rings is 2. The van der Waals surface area contributed by atoms with E-state index in [1.165, 1.54) is 34.9 Å². The molecule has 2 aromatic rings. The van der Waals surface area contributed by atoms with E-state index in [1.807, 2.05) is 24.3 Å². The minimum absolute atomic E-state index is 0.100. The monoisotopic (exact) mass is 390 g/mol. The zero-order valence-corrected chi connectivity index (χ0v) is 14.5. The van der Waals surface area contributed by atoms with Crippen molar-refractivity contribution >= 4 is 35.0 Å². The van der Waals surface area contributed by atoms with Gasteiger partial charge in [0, 0.05) is 23.1 Å². The Morgan fingerprint density at radius 2 is 1.93 bits per heavy atom. The molecule has 1 N–H and O–H groups in total. The predicted octanol–water partition coefficient (Wildman–Crippen LogP) is 3.58. The third-order valence-electron chi connectivity index (χ3n) is 4.69. The number of carbonyl (C=O) groups excluding carboxylic acids is 2. The van der Waals surface area contributed by atoms with Crippen molar-refractivity contribution in [2.45, 2.75) is 28.9 Å². The number of rotatable bonds is 2. The fourth-order valence-corrected chi connectivity index (χ4v) is 4.97. The number of amides is 2. The summed E-state index contributed by atoms with van der Waals surface area (Å²) in [6, 6.07) is 11.4. The lowest BCUT2D eigenvalue weighted by molar-refractivity contribution is -0.286. The van der Waals surface area contributed by atoms with Crippen molar-refractivity contribution in [2.75, 3.05) is 10.2 Å². The molecule has 0 spiro atoms. The molecule has 138 valence electrons. The first-order chi connectivity index (χ1) is 12.9. The van der Waals surface area contributed by atoms with Crippen LogP contribution in [0.25, 0.3) is 0 Å². The molecule has 6 nitrogen and oxygen atoms in total. The number of para-hydroxylation sites is 1. The van der Waals surface area contributed by atoms with Crippen molar-refractivity contribution in [3.63, 3.8) is 0 Å². The maximum Gasteiger partial charge on any atom is 0.586 e. The summed E-state index contributed by atoms with van der Waals surface area (Å²) in [6.45, 7) is 0. The summed E-state index contributed by atoms with van der Waals surface area (Å²) < 4.78 is 35.1. The number of anilines is 2. The van der Waals surface area contributed by atoms with E-state index in [1.54, 1.807) is 0 Å². The number of ether oxygens (including phenoxy) is 2. The van der Waals surface area contributed by atoms with E-state index in [-0.39, 0.29) is 35.4 Å². The van der Waals surface area contributed by atoms with Gasteiger partial charge in [-0.3, -0.25) is 14.5 Å². The molecule has 1 atom stereocenters. The molecule has 3 aliphatic rings. The summed E-state index contributed by atoms with van der Waals surface area (Å²) >= 11 is 1.33. The van der Waals surface area contributed by atoms with Crippen molar-refractivity contribution in [3.05, 3.63) is 42.5 Å². The van der Waals surface area contributed by atoms with E-state index >= 15 is 0 Å². The van der Waals surface area contributed by atoms with Crippen LogP contribution in [-0.4, -0.2) is 23.0 Å². The van der Waals surface area contributed by atoms with E-state index in [9.17, 15) is 18.4 Å². The molecular formula is C18H12F2N2O4S. The van der Waals surface area contributed by atoms with Gasteiger partial charge in [0.25, 0.3) is 5.91 Å². The van der Waals surface area contributed by atoms with Gasteiger partial charge in [-0.25, -0.2) is 0 Å². The lowest BCUT2D eigenvalue weighted by Gasteiger charge is -2.29. The molecule has 0 saturated carbocycles. The molecule has 2 amide bonds. The topological polar surface area (TPSA) is 67.9 Å². The Morgan fingerprint density at radius 3 is 2.78 bits per heavy atom. The van der Waals surface area contributed by atoms with Gasteiger partial charge in [-0.05, 0) is 30.7 Å². The Balaban J connectivity index is 1.45. The molecule has 3 aliphatic heterocycles. The molecule has 0 aliphatic carbocycles. The first kappa shape index (κ1) is 16.4. The van der Waals surface area contributed by atoms with E-state index in [0.29, 0.717) is 12.1 Å². The van der Waals surface area contributed by atoms with Crippen molar-refractivity contribution in [1.29, 1.82) is 0 Å². The van der Waals surface area contributed by atoms with Crippen molar-refractivity contribution in [1.82, 2.24) is 0 Å². The maximum absolute atomic E-state index is 13.2. The fraction of sp³-hybridized carbons (Fsp3) is 0.222. The highest BCUT2D eigenvalue weighted by Crippen LogP contribution is 2.56. The van der Waals surface area contributed by atoms with Gasteiger partial charge in [0.15, 0.2) is 16.4 Å². The molecule has 3 heterocycles. The fourth-order valence-electron chi connectivity index (χ4n) is 3.55. The van der Waals surface area contributed by atoms with Crippen LogP contribution in [0.3, 0.4) is 0 Å². The average molecular weight is 390 g/mol. The van der Waals surface area contributed by atoms with Crippen molar-refractivity contribution < 1.29 is 27.8 Å². The van der Waals surface area contributed by atoms with E-state index in [4.69, 9.17) is 0 Å². The molecule has 1 saturated heterocycles. The van der Waals surface area contributed by atoms with Crippen LogP contribution in [0.15, 0.2) is 47.4 Å². The van der Waals surface area contributed by atoms with Gasteiger partial charge >= 0.3 is 6.29 Å². The summed E-state index contributed by atoms with van der Waals surface area (Å²) in [4.78, 5) is 26.8. The van der Waals surface area contributed by atoms with Crippen LogP contribution in [-0.2, 0) is 9.59 Å². The number of hydrogen-bond donors (Lipinski definition) is 1. The number of halogens is 2. The summed E-state index contributed by atoms with van der Waals surface area (Å²) in [5, 5.41) is 2.72. The smallest absolute Gasteiger partial charge is 0.395 e. The molecule has 27 heavy (non-hydrogen) atoms. The van der Waals surface area contributed by atoms with Crippen LogP contribution in [0.1, 0.15) is 12.8 Å². The normalized spacial score (nSPS) is 23.9. The van der Waals surface area contributed by atoms with E-state index in [0.717, 1.165) is 4.90 Å². The van der Waals surface area contributed by atoms with Gasteiger partial charge < -0.3 is 14.8 Å². The highest BCUT2D eigenvalue weighted by Gasteiger charge is 2.57. The molecule has 9 heteroatoms. The Bertz CT molecular complexity index is 999. The number of alkyl halides is 2. The molecule has 0 bridgehead atoms. The van der Waals surface area contributed by atoms with Gasteiger partial charge in [0.2, 0.25) is 5.91 Å². The number of nitrogens with zero attached hydrogens (tertiary/aromatic N) is 1. The van der Waals surface area contributed by atoms with Gasteiger partial charge in [-0.1, -0.05) is 23.9 Å². The van der Waals surface area contributed by atoms with Crippen LogP contribution >= 0.6 is 11.8 Å². The lowest BCUT2D eigenvalue weighted by atomic mass is 10.1. The summed E-state index contributed by atoms with van der Waals surface area (Å²) in [7, 11) is 0. The highest BCUT2D eigenvalue weighted by molar-refractivity contribution is 8.02. The molecule has 0 unspecified atom stereocenters. The predicted molar refractivity (Wildman–Crippen MR) is 93.0 cm³/mol. The summed E-state index contributed by atoms with van der Waals surface area (Å²) in [5.41, 5.74) is 0.996. The van der Waals surface area contributed by atoms with Gasteiger partial charge in [0.1, 0.15) is 0 Å². The van der Waals surface area contributed by atoms with E-state index in [2.05, 4.69) is 14.8 Å². The molecule has 0 aromatic heterocycles. The standard InChI is InChI=1S/C18H12F2N2O4S/c19-18(20)25-12-6-5-10(9-13(12)26-18)21-16(24)17-8-7-15(23)22(17)11-3-1-2-4-14(11)27-17/h1-6,9H,7-8H2,(H,21,24)/t17-/m0/s1. The maximum atomic E-state index is 13.2. The van der Waals surface area contributed by atoms with Crippen LogP contribution in [0.2, 0.25) is 0 Å². The van der Waals surface area contributed by atoms with Gasteiger partial charge in [-0.2, -0.15) is 0 Å². The lowest BCUT2D eigenvalue weighted by Crippen LogP contribution is -2.49. The van der Waals surface area contributed by atoms with Gasteiger partial charge in [-0.15, -0.1) is 8.78 Å². The second-order valence-electron chi connectivity index (χ2n) is 6.37. The molecule has 0 radical (unpaired) electrons. The number of nitrogens with one attached hydrogen (secondary N) is 1. The Labute approximate surface area is 156 Å².